The molecule has 74 valence electrons. The third kappa shape index (κ3) is 2.58. The van der Waals surface area contributed by atoms with Gasteiger partial charge in [-0.25, -0.2) is 0 Å². The molecule has 14 heavy (non-hydrogen) atoms. The fraction of sp³-hybridized carbons (Fsp3) is 0.273. The molecule has 0 bridgehead atoms. The largest absolute Gasteiger partial charge is 0.347 e. The zero-order chi connectivity index (χ0) is 9.80. The maximum atomic E-state index is 5.77. The van der Waals surface area contributed by atoms with Crippen molar-refractivity contribution in [2.24, 2.45) is 0 Å². The first-order chi connectivity index (χ1) is 6.84. The van der Waals surface area contributed by atoms with E-state index in [9.17, 15) is 0 Å². The molecule has 1 heterocycles. The summed E-state index contributed by atoms with van der Waals surface area (Å²) in [5.74, 6) is 0. The first-order valence-electron chi connectivity index (χ1n) is 4.51. The molecule has 3 heteroatoms. The highest BCUT2D eigenvalue weighted by molar-refractivity contribution is 6.30. The topological polar surface area (TPSA) is 18.5 Å². The van der Waals surface area contributed by atoms with Gasteiger partial charge in [-0.15, -0.1) is 0 Å². The third-order valence-corrected chi connectivity index (χ3v) is 2.22. The van der Waals surface area contributed by atoms with Crippen LogP contribution in [0.15, 0.2) is 30.3 Å². The molecule has 1 aliphatic heterocycles. The smallest absolute Gasteiger partial charge is 0.177 e. The fourth-order valence-corrected chi connectivity index (χ4v) is 1.38. The van der Waals surface area contributed by atoms with E-state index in [0.717, 1.165) is 10.6 Å². The van der Waals surface area contributed by atoms with Crippen molar-refractivity contribution < 1.29 is 9.47 Å². The fourth-order valence-electron chi connectivity index (χ4n) is 1.25. The van der Waals surface area contributed by atoms with E-state index in [4.69, 9.17) is 21.1 Å². The summed E-state index contributed by atoms with van der Waals surface area (Å²) in [5, 5.41) is 0.746. The van der Waals surface area contributed by atoms with Crippen LogP contribution in [0.25, 0.3) is 6.08 Å². The number of hydrogen-bond donors (Lipinski definition) is 0. The molecular formula is C11H11ClO2. The summed E-state index contributed by atoms with van der Waals surface area (Å²) in [7, 11) is 0. The van der Waals surface area contributed by atoms with E-state index in [2.05, 4.69) is 0 Å². The van der Waals surface area contributed by atoms with E-state index in [1.54, 1.807) is 0 Å². The van der Waals surface area contributed by atoms with Crippen molar-refractivity contribution >= 4 is 17.7 Å². The van der Waals surface area contributed by atoms with Crippen LogP contribution in [-0.4, -0.2) is 19.5 Å². The van der Waals surface area contributed by atoms with Crippen LogP contribution in [0.4, 0.5) is 0 Å². The zero-order valence-electron chi connectivity index (χ0n) is 7.65. The van der Waals surface area contributed by atoms with Gasteiger partial charge in [-0.3, -0.25) is 0 Å². The van der Waals surface area contributed by atoms with Gasteiger partial charge in [0.15, 0.2) is 6.29 Å². The number of hydrogen-bond acceptors (Lipinski definition) is 2. The Morgan fingerprint density at radius 3 is 2.43 bits per heavy atom. The average molecular weight is 211 g/mol. The molecule has 1 aromatic rings. The van der Waals surface area contributed by atoms with Crippen LogP contribution < -0.4 is 0 Å². The summed E-state index contributed by atoms with van der Waals surface area (Å²) in [4.78, 5) is 0. The molecule has 0 saturated carbocycles. The second-order valence-corrected chi connectivity index (χ2v) is 3.46. The molecule has 2 rings (SSSR count). The molecule has 0 atom stereocenters. The SMILES string of the molecule is Clc1ccc(C=CC2OCCO2)cc1. The molecule has 1 aromatic carbocycles. The molecular weight excluding hydrogens is 200 g/mol. The zero-order valence-corrected chi connectivity index (χ0v) is 8.41. The highest BCUT2D eigenvalue weighted by atomic mass is 35.5. The van der Waals surface area contributed by atoms with Crippen molar-refractivity contribution in [1.29, 1.82) is 0 Å². The van der Waals surface area contributed by atoms with Gasteiger partial charge < -0.3 is 9.47 Å². The first-order valence-corrected chi connectivity index (χ1v) is 4.89. The van der Waals surface area contributed by atoms with Gasteiger partial charge in [0.1, 0.15) is 0 Å². The minimum atomic E-state index is -0.189. The maximum Gasteiger partial charge on any atom is 0.177 e. The Morgan fingerprint density at radius 1 is 1.14 bits per heavy atom. The second-order valence-electron chi connectivity index (χ2n) is 3.02. The van der Waals surface area contributed by atoms with Crippen LogP contribution in [0.3, 0.4) is 0 Å². The van der Waals surface area contributed by atoms with E-state index in [1.165, 1.54) is 0 Å². The Hall–Kier alpha value is -0.830. The first kappa shape index (κ1) is 9.71. The van der Waals surface area contributed by atoms with E-state index in [1.807, 2.05) is 36.4 Å². The average Bonchev–Trinajstić information content (AvgIpc) is 2.70. The number of benzene rings is 1. The van der Waals surface area contributed by atoms with Gasteiger partial charge in [0, 0.05) is 5.02 Å². The maximum absolute atomic E-state index is 5.77. The van der Waals surface area contributed by atoms with E-state index in [0.29, 0.717) is 13.2 Å². The molecule has 0 aromatic heterocycles. The lowest BCUT2D eigenvalue weighted by molar-refractivity contribution is -0.000907. The highest BCUT2D eigenvalue weighted by Crippen LogP contribution is 2.12. The Bertz CT molecular complexity index is 313. The lowest BCUT2D eigenvalue weighted by atomic mass is 10.2. The summed E-state index contributed by atoms with van der Waals surface area (Å²) in [5.41, 5.74) is 1.09. The predicted molar refractivity (Wildman–Crippen MR) is 56.2 cm³/mol. The van der Waals surface area contributed by atoms with Crippen LogP contribution in [0, 0.1) is 0 Å². The minimum Gasteiger partial charge on any atom is -0.347 e. The Kier molecular flexibility index (Phi) is 3.19. The number of halogens is 1. The summed E-state index contributed by atoms with van der Waals surface area (Å²) in [6.45, 7) is 1.35. The lowest BCUT2D eigenvalue weighted by Crippen LogP contribution is -2.01. The normalized spacial score (nSPS) is 18.1. The van der Waals surface area contributed by atoms with E-state index >= 15 is 0 Å². The number of ether oxygens (including phenoxy) is 2. The molecule has 0 radical (unpaired) electrons. The van der Waals surface area contributed by atoms with Crippen molar-refractivity contribution in [2.45, 2.75) is 6.29 Å². The van der Waals surface area contributed by atoms with Gasteiger partial charge in [0.2, 0.25) is 0 Å². The molecule has 1 aliphatic rings. The molecule has 0 aliphatic carbocycles. The Labute approximate surface area is 88.1 Å². The van der Waals surface area contributed by atoms with Crippen molar-refractivity contribution in [2.75, 3.05) is 13.2 Å². The highest BCUT2D eigenvalue weighted by Gasteiger charge is 2.11. The standard InChI is InChI=1S/C11H11ClO2/c12-10-4-1-9(2-5-10)3-6-11-13-7-8-14-11/h1-6,11H,7-8H2. The summed E-state index contributed by atoms with van der Waals surface area (Å²) in [6.07, 6.45) is 3.67. The van der Waals surface area contributed by atoms with Crippen LogP contribution in [0.1, 0.15) is 5.56 Å². The van der Waals surface area contributed by atoms with Gasteiger partial charge in [0.25, 0.3) is 0 Å². The van der Waals surface area contributed by atoms with Crippen molar-refractivity contribution in [1.82, 2.24) is 0 Å². The molecule has 0 unspecified atom stereocenters. The second kappa shape index (κ2) is 4.60. The molecule has 0 N–H and O–H groups in total. The van der Waals surface area contributed by atoms with Crippen LogP contribution in [-0.2, 0) is 9.47 Å². The van der Waals surface area contributed by atoms with Crippen LogP contribution in [0.2, 0.25) is 5.02 Å². The molecule has 1 saturated heterocycles. The summed E-state index contributed by atoms with van der Waals surface area (Å²) < 4.78 is 10.5. The number of rotatable bonds is 2. The van der Waals surface area contributed by atoms with Gasteiger partial charge in [-0.2, -0.15) is 0 Å². The van der Waals surface area contributed by atoms with Crippen LogP contribution in [0.5, 0.6) is 0 Å². The third-order valence-electron chi connectivity index (χ3n) is 1.96. The Morgan fingerprint density at radius 2 is 1.79 bits per heavy atom. The molecule has 0 amide bonds. The summed E-state index contributed by atoms with van der Waals surface area (Å²) >= 11 is 5.77. The van der Waals surface area contributed by atoms with Crippen molar-refractivity contribution in [3.8, 4) is 0 Å². The van der Waals surface area contributed by atoms with E-state index < -0.39 is 0 Å². The minimum absolute atomic E-state index is 0.189. The molecule has 1 fully saturated rings. The van der Waals surface area contributed by atoms with Gasteiger partial charge >= 0.3 is 0 Å². The van der Waals surface area contributed by atoms with Crippen molar-refractivity contribution in [3.05, 3.63) is 40.9 Å². The Balaban J connectivity index is 1.99. The van der Waals surface area contributed by atoms with Crippen molar-refractivity contribution in [3.63, 3.8) is 0 Å². The quantitative estimate of drug-likeness (QED) is 0.748. The van der Waals surface area contributed by atoms with Gasteiger partial charge in [-0.1, -0.05) is 29.8 Å². The molecule has 0 spiro atoms. The predicted octanol–water partition coefficient (Wildman–Crippen LogP) is 2.73. The van der Waals surface area contributed by atoms with Gasteiger partial charge in [0.05, 0.1) is 13.2 Å². The molecule has 2 nitrogen and oxygen atoms in total. The lowest BCUT2D eigenvalue weighted by Gasteiger charge is -2.01. The summed E-state index contributed by atoms with van der Waals surface area (Å²) in [6, 6.07) is 7.62. The van der Waals surface area contributed by atoms with E-state index in [-0.39, 0.29) is 6.29 Å². The monoisotopic (exact) mass is 210 g/mol. The van der Waals surface area contributed by atoms with Crippen LogP contribution >= 0.6 is 11.6 Å². The van der Waals surface area contributed by atoms with Gasteiger partial charge in [-0.05, 0) is 23.8 Å².